The molecule has 58 valence electrons. The fraction of sp³-hybridized carbons (Fsp3) is 1.00. The van der Waals surface area contributed by atoms with E-state index in [1.165, 1.54) is 14.2 Å². The molecule has 0 radical (unpaired) electrons. The van der Waals surface area contributed by atoms with Crippen LogP contribution in [0.4, 0.5) is 0 Å². The van der Waals surface area contributed by atoms with Crippen LogP contribution in [0.1, 0.15) is 6.92 Å². The highest BCUT2D eigenvalue weighted by molar-refractivity contribution is 8.17. The third-order valence-corrected chi connectivity index (χ3v) is 5.29. The molecule has 0 aromatic rings. The van der Waals surface area contributed by atoms with Gasteiger partial charge < -0.3 is 13.9 Å². The van der Waals surface area contributed by atoms with Crippen LogP contribution in [-0.4, -0.2) is 24.9 Å². The zero-order chi connectivity index (χ0) is 7.33. The van der Waals surface area contributed by atoms with E-state index in [1.807, 2.05) is 6.92 Å². The lowest BCUT2D eigenvalue weighted by atomic mass is 11.0. The maximum Gasteiger partial charge on any atom is 0.279 e. The fourth-order valence-corrected chi connectivity index (χ4v) is 2.87. The van der Waals surface area contributed by atoms with Gasteiger partial charge in [0.2, 0.25) is 0 Å². The maximum atomic E-state index is 9.28. The summed E-state index contributed by atoms with van der Waals surface area (Å²) in [5, 5.41) is 0. The average Bonchev–Trinajstić information content (AvgIpc) is 1.89. The number of hydrogen-bond acceptors (Lipinski definition) is 2. The topological polar surface area (TPSA) is 38.7 Å². The van der Waals surface area contributed by atoms with Gasteiger partial charge >= 0.3 is 0 Å². The van der Waals surface area contributed by atoms with E-state index in [-0.39, 0.29) is 0 Å². The van der Waals surface area contributed by atoms with Crippen molar-refractivity contribution >= 4 is 17.7 Å². The molecule has 0 rings (SSSR count). The summed E-state index contributed by atoms with van der Waals surface area (Å²) in [5.41, 5.74) is 0. The highest BCUT2D eigenvalue weighted by Crippen LogP contribution is 2.43. The Balaban J connectivity index is 4.08. The molecule has 1 N–H and O–H groups in total. The first-order valence-electron chi connectivity index (χ1n) is 2.60. The standard InChI is InChI=1S/C4H13O3PS/c1-4-9-8(5,6-2)7-3/h5,9H,4H2,1-3H3. The molecule has 9 heavy (non-hydrogen) atoms. The van der Waals surface area contributed by atoms with Gasteiger partial charge in [-0.15, -0.1) is 10.9 Å². The Kier molecular flexibility index (Phi) is 4.80. The summed E-state index contributed by atoms with van der Waals surface area (Å²) in [6.07, 6.45) is 0. The highest BCUT2D eigenvalue weighted by Gasteiger charge is 2.07. The monoisotopic (exact) mass is 172 g/mol. The van der Waals surface area contributed by atoms with Crippen LogP contribution < -0.4 is 0 Å². The molecule has 0 saturated carbocycles. The van der Waals surface area contributed by atoms with Crippen LogP contribution in [0.3, 0.4) is 0 Å². The molecule has 0 bridgehead atoms. The van der Waals surface area contributed by atoms with Gasteiger partial charge in [-0.2, -0.15) is 0 Å². The molecule has 0 unspecified atom stereocenters. The van der Waals surface area contributed by atoms with Gasteiger partial charge in [0, 0.05) is 14.2 Å². The molecule has 0 aliphatic carbocycles. The molecule has 5 heteroatoms. The van der Waals surface area contributed by atoms with Crippen LogP contribution in [0.5, 0.6) is 0 Å². The lowest BCUT2D eigenvalue weighted by Gasteiger charge is -2.12. The first-order chi connectivity index (χ1) is 4.18. The summed E-state index contributed by atoms with van der Waals surface area (Å²) in [7, 11) is 3.76. The van der Waals surface area contributed by atoms with E-state index in [0.29, 0.717) is 0 Å². The first-order valence-corrected chi connectivity index (χ1v) is 5.97. The summed E-state index contributed by atoms with van der Waals surface area (Å²) < 4.78 is 9.52. The number of thiol groups is 1. The van der Waals surface area contributed by atoms with Crippen LogP contribution in [0.15, 0.2) is 0 Å². The van der Waals surface area contributed by atoms with Gasteiger partial charge in [0.05, 0.1) is 0 Å². The molecule has 0 heterocycles. The van der Waals surface area contributed by atoms with Crippen molar-refractivity contribution in [1.29, 1.82) is 0 Å². The second kappa shape index (κ2) is 4.47. The largest absolute Gasteiger partial charge is 0.328 e. The van der Waals surface area contributed by atoms with Gasteiger partial charge in [-0.1, -0.05) is 6.92 Å². The predicted molar refractivity (Wildman–Crippen MR) is 42.5 cm³/mol. The van der Waals surface area contributed by atoms with E-state index in [1.54, 1.807) is 0 Å². The van der Waals surface area contributed by atoms with Gasteiger partial charge in [-0.3, -0.25) is 0 Å². The second-order valence-corrected chi connectivity index (χ2v) is 6.31. The Morgan fingerprint density at radius 3 is 2.00 bits per heavy atom. The van der Waals surface area contributed by atoms with Crippen molar-refractivity contribution in [2.24, 2.45) is 0 Å². The Bertz CT molecular complexity index is 117. The predicted octanol–water partition coefficient (Wildman–Crippen LogP) is 0.784. The third kappa shape index (κ3) is 3.38. The van der Waals surface area contributed by atoms with Crippen LogP contribution in [-0.2, 0) is 20.0 Å². The van der Waals surface area contributed by atoms with E-state index < -0.39 is 6.72 Å². The van der Waals surface area contributed by atoms with Gasteiger partial charge in [0.15, 0.2) is 0 Å². The van der Waals surface area contributed by atoms with Crippen molar-refractivity contribution < 1.29 is 13.9 Å². The lowest BCUT2D eigenvalue weighted by molar-refractivity contribution is 0.266. The van der Waals surface area contributed by atoms with Crippen LogP contribution in [0.25, 0.3) is 0 Å². The minimum atomic E-state index is -2.46. The van der Waals surface area contributed by atoms with Gasteiger partial charge in [0.1, 0.15) is 0 Å². The maximum absolute atomic E-state index is 9.28. The summed E-state index contributed by atoms with van der Waals surface area (Å²) in [6, 6.07) is 0. The van der Waals surface area contributed by atoms with Gasteiger partial charge in [-0.05, 0) is 5.75 Å². The minimum Gasteiger partial charge on any atom is -0.328 e. The van der Waals surface area contributed by atoms with Crippen molar-refractivity contribution in [3.63, 3.8) is 0 Å². The van der Waals surface area contributed by atoms with E-state index in [4.69, 9.17) is 9.05 Å². The van der Waals surface area contributed by atoms with Crippen LogP contribution in [0, 0.1) is 0 Å². The molecule has 3 nitrogen and oxygen atoms in total. The summed E-state index contributed by atoms with van der Waals surface area (Å²) in [6.45, 7) is -0.496. The molecule has 0 aliphatic rings. The normalized spacial score (nSPS) is 12.0. The molecular formula is C4H13O3PS. The van der Waals surface area contributed by atoms with Crippen LogP contribution >= 0.6 is 6.72 Å². The van der Waals surface area contributed by atoms with Crippen molar-refractivity contribution in [1.82, 2.24) is 0 Å². The van der Waals surface area contributed by atoms with Gasteiger partial charge in [0.25, 0.3) is 6.72 Å². The zero-order valence-corrected chi connectivity index (χ0v) is 7.65. The number of rotatable bonds is 3. The smallest absolute Gasteiger partial charge is 0.279 e. The molecule has 0 amide bonds. The Morgan fingerprint density at radius 2 is 1.89 bits per heavy atom. The molecule has 0 aliphatic heterocycles. The Labute approximate surface area is 59.2 Å². The number of hydrogen-bond donors (Lipinski definition) is 2. The van der Waals surface area contributed by atoms with Crippen molar-refractivity contribution in [3.05, 3.63) is 0 Å². The summed E-state index contributed by atoms with van der Waals surface area (Å²) in [5.74, 6) is 0.853. The van der Waals surface area contributed by atoms with E-state index in [2.05, 4.69) is 0 Å². The quantitative estimate of drug-likeness (QED) is 0.488. The van der Waals surface area contributed by atoms with Crippen molar-refractivity contribution in [3.8, 4) is 0 Å². The average molecular weight is 172 g/mol. The molecule has 0 aromatic heterocycles. The fourth-order valence-electron chi connectivity index (χ4n) is 0.369. The lowest BCUT2D eigenvalue weighted by Crippen LogP contribution is -1.88. The third-order valence-electron chi connectivity index (χ3n) is 0.796. The zero-order valence-electron chi connectivity index (χ0n) is 5.87. The highest BCUT2D eigenvalue weighted by atomic mass is 32.5. The molecule has 0 fully saturated rings. The first kappa shape index (κ1) is 9.66. The van der Waals surface area contributed by atoms with Crippen LogP contribution in [0.2, 0.25) is 0 Å². The second-order valence-electron chi connectivity index (χ2n) is 1.31. The Hall–Kier alpha value is 0.660. The Morgan fingerprint density at radius 1 is 1.44 bits per heavy atom. The molecule has 0 spiro atoms. The SMILES string of the molecule is CC[SH]=P(O)(OC)OC. The molecule has 0 saturated heterocycles. The molecule has 0 aromatic carbocycles. The summed E-state index contributed by atoms with van der Waals surface area (Å²) >= 11 is 0. The summed E-state index contributed by atoms with van der Waals surface area (Å²) in [4.78, 5) is 9.28. The molecular weight excluding hydrogens is 159 g/mol. The van der Waals surface area contributed by atoms with E-state index in [9.17, 15) is 4.89 Å². The molecule has 0 atom stereocenters. The van der Waals surface area contributed by atoms with Gasteiger partial charge in [-0.25, -0.2) is 0 Å². The van der Waals surface area contributed by atoms with Crippen molar-refractivity contribution in [2.75, 3.05) is 20.0 Å². The van der Waals surface area contributed by atoms with E-state index >= 15 is 0 Å². The van der Waals surface area contributed by atoms with E-state index in [0.717, 1.165) is 16.7 Å². The minimum absolute atomic E-state index is 0.841. The van der Waals surface area contributed by atoms with Crippen molar-refractivity contribution in [2.45, 2.75) is 6.92 Å².